The van der Waals surface area contributed by atoms with Gasteiger partial charge >= 0.3 is 0 Å². The maximum absolute atomic E-state index is 13.2. The van der Waals surface area contributed by atoms with E-state index in [-0.39, 0.29) is 12.0 Å². The van der Waals surface area contributed by atoms with Crippen LogP contribution < -0.4 is 10.0 Å². The molecule has 1 aliphatic heterocycles. The summed E-state index contributed by atoms with van der Waals surface area (Å²) in [7, 11) is -3.68. The molecule has 0 aromatic heterocycles. The van der Waals surface area contributed by atoms with Gasteiger partial charge in [-0.05, 0) is 91.3 Å². The molecule has 4 nitrogen and oxygen atoms in total. The Hall–Kier alpha value is -3.05. The molecule has 3 aromatic carbocycles. The molecule has 3 atom stereocenters. The molecule has 0 fully saturated rings. The first-order chi connectivity index (χ1) is 15.3. The smallest absolute Gasteiger partial charge is 0.261 e. The number of sulfonamides is 1. The van der Waals surface area contributed by atoms with Crippen LogP contribution >= 0.6 is 0 Å². The van der Waals surface area contributed by atoms with E-state index in [0.717, 1.165) is 28.8 Å². The second kappa shape index (κ2) is 7.82. The third-order valence-electron chi connectivity index (χ3n) is 6.93. The molecular weight excluding hydrogens is 416 g/mol. The molecule has 1 aliphatic carbocycles. The first-order valence-electron chi connectivity index (χ1n) is 11.1. The summed E-state index contributed by atoms with van der Waals surface area (Å²) in [5.74, 6) is 0.571. The van der Waals surface area contributed by atoms with Crippen LogP contribution in [0.4, 0.5) is 11.4 Å². The minimum atomic E-state index is -3.68. The van der Waals surface area contributed by atoms with Gasteiger partial charge in [-0.2, -0.15) is 0 Å². The van der Waals surface area contributed by atoms with Gasteiger partial charge in [-0.15, -0.1) is 0 Å². The van der Waals surface area contributed by atoms with Crippen molar-refractivity contribution >= 4 is 21.4 Å². The van der Waals surface area contributed by atoms with Crippen LogP contribution in [0, 0.1) is 26.7 Å². The highest BCUT2D eigenvalue weighted by atomic mass is 32.2. The van der Waals surface area contributed by atoms with Crippen molar-refractivity contribution < 1.29 is 8.42 Å². The second-order valence-corrected chi connectivity index (χ2v) is 10.7. The Morgan fingerprint density at radius 3 is 2.47 bits per heavy atom. The molecule has 32 heavy (non-hydrogen) atoms. The molecule has 0 spiro atoms. The maximum Gasteiger partial charge on any atom is 0.261 e. The number of nitrogens with one attached hydrogen (secondary N) is 2. The van der Waals surface area contributed by atoms with Crippen LogP contribution in [0.15, 0.2) is 77.7 Å². The summed E-state index contributed by atoms with van der Waals surface area (Å²) in [6.07, 6.45) is 5.45. The molecule has 5 rings (SSSR count). The highest BCUT2D eigenvalue weighted by molar-refractivity contribution is 7.92. The van der Waals surface area contributed by atoms with Crippen molar-refractivity contribution in [3.63, 3.8) is 0 Å². The highest BCUT2D eigenvalue weighted by Crippen LogP contribution is 2.50. The molecule has 3 aromatic rings. The Morgan fingerprint density at radius 1 is 0.875 bits per heavy atom. The largest absolute Gasteiger partial charge is 0.378 e. The predicted octanol–water partition coefficient (Wildman–Crippen LogP) is 6.24. The van der Waals surface area contributed by atoms with Crippen LogP contribution in [0.1, 0.15) is 46.2 Å². The summed E-state index contributed by atoms with van der Waals surface area (Å²) >= 11 is 0. The predicted molar refractivity (Wildman–Crippen MR) is 131 cm³/mol. The molecule has 5 heteroatoms. The molecule has 164 valence electrons. The van der Waals surface area contributed by atoms with Crippen molar-refractivity contribution in [1.29, 1.82) is 0 Å². The number of allylic oxidation sites excluding steroid dienone is 2. The van der Waals surface area contributed by atoms with Gasteiger partial charge in [0.05, 0.1) is 10.9 Å². The van der Waals surface area contributed by atoms with Gasteiger partial charge in [0.2, 0.25) is 0 Å². The zero-order valence-electron chi connectivity index (χ0n) is 18.6. The van der Waals surface area contributed by atoms with E-state index in [9.17, 15) is 8.42 Å². The number of fused-ring (bicyclic) bond motifs is 3. The number of rotatable bonds is 4. The normalized spacial score (nSPS) is 21.5. The SMILES string of the molecule is Cc1ccc(NS(=O)(=O)c2ccc3c(c2)C2C=CCC2C(c2ccccc2C)N3)cc1C. The fourth-order valence-electron chi connectivity index (χ4n) is 5.00. The summed E-state index contributed by atoms with van der Waals surface area (Å²) in [5, 5.41) is 3.71. The fourth-order valence-corrected chi connectivity index (χ4v) is 6.09. The molecule has 0 saturated carbocycles. The number of aryl methyl sites for hydroxylation is 3. The van der Waals surface area contributed by atoms with Crippen molar-refractivity contribution in [3.05, 3.63) is 101 Å². The first-order valence-corrected chi connectivity index (χ1v) is 12.5. The highest BCUT2D eigenvalue weighted by Gasteiger charge is 2.38. The lowest BCUT2D eigenvalue weighted by Gasteiger charge is -2.38. The van der Waals surface area contributed by atoms with Crippen molar-refractivity contribution in [3.8, 4) is 0 Å². The van der Waals surface area contributed by atoms with Crippen LogP contribution in [0.25, 0.3) is 0 Å². The summed E-state index contributed by atoms with van der Waals surface area (Å²) in [4.78, 5) is 0.296. The lowest BCUT2D eigenvalue weighted by molar-refractivity contribution is 0.424. The van der Waals surface area contributed by atoms with E-state index in [0.29, 0.717) is 16.5 Å². The van der Waals surface area contributed by atoms with E-state index in [1.165, 1.54) is 11.1 Å². The Morgan fingerprint density at radius 2 is 1.69 bits per heavy atom. The molecule has 0 radical (unpaired) electrons. The summed E-state index contributed by atoms with van der Waals surface area (Å²) < 4.78 is 29.1. The van der Waals surface area contributed by atoms with E-state index in [1.54, 1.807) is 6.07 Å². The van der Waals surface area contributed by atoms with Crippen LogP contribution in [0.5, 0.6) is 0 Å². The third-order valence-corrected chi connectivity index (χ3v) is 8.31. The zero-order chi connectivity index (χ0) is 22.5. The number of hydrogen-bond acceptors (Lipinski definition) is 3. The van der Waals surface area contributed by atoms with Gasteiger partial charge in [-0.3, -0.25) is 4.72 Å². The van der Waals surface area contributed by atoms with Crippen molar-refractivity contribution in [2.75, 3.05) is 10.0 Å². The average Bonchev–Trinajstić information content (AvgIpc) is 3.26. The van der Waals surface area contributed by atoms with E-state index in [1.807, 2.05) is 44.2 Å². The maximum atomic E-state index is 13.2. The lowest BCUT2D eigenvalue weighted by Crippen LogP contribution is -2.29. The lowest BCUT2D eigenvalue weighted by atomic mass is 9.76. The van der Waals surface area contributed by atoms with Crippen molar-refractivity contribution in [2.24, 2.45) is 5.92 Å². The molecule has 2 aliphatic rings. The van der Waals surface area contributed by atoms with Gasteiger partial charge in [-0.1, -0.05) is 42.5 Å². The quantitative estimate of drug-likeness (QED) is 0.468. The molecule has 0 amide bonds. The average molecular weight is 445 g/mol. The standard InChI is InChI=1S/C27H28N2O2S/c1-17-11-12-20(15-19(17)3)29-32(30,31)21-13-14-26-25(16-21)23-9-6-10-24(23)27(28-26)22-8-5-4-7-18(22)2/h4-9,11-16,23-24,27-29H,10H2,1-3H3. The summed E-state index contributed by atoms with van der Waals surface area (Å²) in [5.41, 5.74) is 7.42. The zero-order valence-corrected chi connectivity index (χ0v) is 19.4. The van der Waals surface area contributed by atoms with Gasteiger partial charge in [0.15, 0.2) is 0 Å². The molecule has 1 heterocycles. The van der Waals surface area contributed by atoms with Gasteiger partial charge in [0.25, 0.3) is 10.0 Å². The number of benzene rings is 3. The van der Waals surface area contributed by atoms with E-state index in [4.69, 9.17) is 0 Å². The minimum Gasteiger partial charge on any atom is -0.378 e. The van der Waals surface area contributed by atoms with Gasteiger partial charge in [0, 0.05) is 17.3 Å². The van der Waals surface area contributed by atoms with Crippen LogP contribution in [0.2, 0.25) is 0 Å². The molecule has 0 bridgehead atoms. The molecule has 0 saturated heterocycles. The first kappa shape index (κ1) is 20.8. The monoisotopic (exact) mass is 444 g/mol. The van der Waals surface area contributed by atoms with E-state index >= 15 is 0 Å². The Kier molecular flexibility index (Phi) is 5.09. The minimum absolute atomic E-state index is 0.202. The molecule has 3 unspecified atom stereocenters. The van der Waals surface area contributed by atoms with Crippen LogP contribution in [-0.4, -0.2) is 8.42 Å². The number of anilines is 2. The topological polar surface area (TPSA) is 58.2 Å². The molecule has 2 N–H and O–H groups in total. The Bertz CT molecular complexity index is 1330. The summed E-state index contributed by atoms with van der Waals surface area (Å²) in [6.45, 7) is 6.15. The van der Waals surface area contributed by atoms with E-state index in [2.05, 4.69) is 53.4 Å². The van der Waals surface area contributed by atoms with Gasteiger partial charge in [0.1, 0.15) is 0 Å². The summed E-state index contributed by atoms with van der Waals surface area (Å²) in [6, 6.07) is 19.8. The Balaban J connectivity index is 1.49. The van der Waals surface area contributed by atoms with E-state index < -0.39 is 10.0 Å². The number of hydrogen-bond donors (Lipinski definition) is 2. The van der Waals surface area contributed by atoms with Gasteiger partial charge in [-0.25, -0.2) is 8.42 Å². The van der Waals surface area contributed by atoms with Crippen molar-refractivity contribution in [2.45, 2.75) is 44.0 Å². The Labute approximate surface area is 190 Å². The van der Waals surface area contributed by atoms with Gasteiger partial charge < -0.3 is 5.32 Å². The van der Waals surface area contributed by atoms with Crippen molar-refractivity contribution in [1.82, 2.24) is 0 Å². The van der Waals surface area contributed by atoms with Crippen LogP contribution in [-0.2, 0) is 10.0 Å². The molecular formula is C27H28N2O2S. The second-order valence-electron chi connectivity index (χ2n) is 8.99. The van der Waals surface area contributed by atoms with Crippen LogP contribution in [0.3, 0.4) is 0 Å². The fraction of sp³-hybridized carbons (Fsp3) is 0.259. The third kappa shape index (κ3) is 3.61.